The minimum Gasteiger partial charge on any atom is -0.334 e. The summed E-state index contributed by atoms with van der Waals surface area (Å²) < 4.78 is 212. The van der Waals surface area contributed by atoms with E-state index in [1.54, 1.807) is 54.6 Å². The molecule has 0 heterocycles. The van der Waals surface area contributed by atoms with Gasteiger partial charge in [-0.2, -0.15) is 0 Å². The second kappa shape index (κ2) is 18.5. The average molecular weight is 974 g/mol. The van der Waals surface area contributed by atoms with Crippen molar-refractivity contribution < 1.29 is 65.9 Å². The Hall–Kier alpha value is -8.01. The van der Waals surface area contributed by atoms with Crippen LogP contribution in [0.25, 0.3) is 61.2 Å². The molecule has 0 aliphatic heterocycles. The topological polar surface area (TPSA) is 3.24 Å². The van der Waals surface area contributed by atoms with Crippen LogP contribution in [0.3, 0.4) is 0 Å². The molecule has 8 aromatic rings. The van der Waals surface area contributed by atoms with Crippen molar-refractivity contribution in [2.45, 2.75) is 12.5 Å². The molecular weight excluding hydrogens is 948 g/mol. The molecule has 352 valence electrons. The van der Waals surface area contributed by atoms with Crippen LogP contribution >= 0.6 is 0 Å². The molecule has 1 aliphatic rings. The van der Waals surface area contributed by atoms with E-state index in [1.165, 1.54) is 72.8 Å². The van der Waals surface area contributed by atoms with Gasteiger partial charge < -0.3 is 4.90 Å². The van der Waals surface area contributed by atoms with Gasteiger partial charge in [0.05, 0.1) is 22.7 Å². The number of rotatable bonds is 9. The van der Waals surface area contributed by atoms with Crippen molar-refractivity contribution in [2.75, 3.05) is 4.90 Å². The Labute approximate surface area is 387 Å². The van der Waals surface area contributed by atoms with Gasteiger partial charge in [-0.3, -0.25) is 0 Å². The molecule has 0 saturated heterocycles. The normalized spacial score (nSPS) is 13.5. The summed E-state index contributed by atoms with van der Waals surface area (Å²) in [5.41, 5.74) is 0.753. The Morgan fingerprint density at radius 3 is 0.757 bits per heavy atom. The van der Waals surface area contributed by atoms with Crippen LogP contribution in [0.4, 0.5) is 77.2 Å². The fraction of sp³-hybridized carbons (Fsp3) is 0.0370. The van der Waals surface area contributed by atoms with Gasteiger partial charge in [0.15, 0.2) is 69.8 Å². The van der Waals surface area contributed by atoms with Gasteiger partial charge in [-0.25, -0.2) is 65.9 Å². The van der Waals surface area contributed by atoms with Crippen molar-refractivity contribution in [1.82, 2.24) is 0 Å². The SMILES string of the molecule is Fc1c(F)c(F)c(-c2ccc(C3=CCC(N(c4ccc(-c5ccc(-c6c(F)c(F)c(F)c(F)c6F)cc5)cc4)c4ccc(-c5ccc(-c6c(F)c(F)c(F)c(F)c6F)cc5)cc4)C=C3)cc2)c(F)c1F. The predicted molar refractivity (Wildman–Crippen MR) is 234 cm³/mol. The number of halogens is 15. The highest BCUT2D eigenvalue weighted by atomic mass is 19.2. The first kappa shape index (κ1) is 47.1. The molecule has 16 heteroatoms. The zero-order chi connectivity index (χ0) is 49.9. The van der Waals surface area contributed by atoms with Crippen molar-refractivity contribution in [1.29, 1.82) is 0 Å². The van der Waals surface area contributed by atoms with Gasteiger partial charge in [0, 0.05) is 11.4 Å². The van der Waals surface area contributed by atoms with Gasteiger partial charge in [0.2, 0.25) is 17.5 Å². The monoisotopic (exact) mass is 973 g/mol. The molecule has 0 bridgehead atoms. The molecule has 1 nitrogen and oxygen atoms in total. The molecule has 0 amide bonds. The van der Waals surface area contributed by atoms with Crippen LogP contribution in [0.2, 0.25) is 0 Å². The van der Waals surface area contributed by atoms with Gasteiger partial charge in [-0.1, -0.05) is 115 Å². The number of anilines is 2. The molecule has 0 N–H and O–H groups in total. The van der Waals surface area contributed by atoms with Crippen molar-refractivity contribution in [3.8, 4) is 55.6 Å². The highest BCUT2D eigenvalue weighted by molar-refractivity contribution is 5.80. The zero-order valence-corrected chi connectivity index (χ0v) is 35.2. The fourth-order valence-corrected chi connectivity index (χ4v) is 8.24. The molecule has 9 rings (SSSR count). The summed E-state index contributed by atoms with van der Waals surface area (Å²) in [5.74, 6) is -31.2. The first-order chi connectivity index (χ1) is 33.5. The van der Waals surface area contributed by atoms with Gasteiger partial charge in [-0.05, 0) is 80.8 Å². The lowest BCUT2D eigenvalue weighted by molar-refractivity contribution is 0.381. The number of nitrogens with zero attached hydrogens (tertiary/aromatic N) is 1. The fourth-order valence-electron chi connectivity index (χ4n) is 8.24. The Morgan fingerprint density at radius 2 is 0.500 bits per heavy atom. The molecule has 0 aromatic heterocycles. The third-order valence-electron chi connectivity index (χ3n) is 11.8. The van der Waals surface area contributed by atoms with Crippen LogP contribution in [-0.2, 0) is 0 Å². The van der Waals surface area contributed by atoms with Crippen molar-refractivity contribution in [2.24, 2.45) is 0 Å². The first-order valence-corrected chi connectivity index (χ1v) is 20.7. The average Bonchev–Trinajstić information content (AvgIpc) is 3.39. The molecule has 8 aromatic carbocycles. The lowest BCUT2D eigenvalue weighted by atomic mass is 9.93. The molecule has 1 unspecified atom stereocenters. The Bertz CT molecular complexity index is 3180. The van der Waals surface area contributed by atoms with E-state index in [1.807, 2.05) is 17.1 Å². The van der Waals surface area contributed by atoms with Gasteiger partial charge in [0.1, 0.15) is 0 Å². The third-order valence-corrected chi connectivity index (χ3v) is 11.8. The molecule has 1 atom stereocenters. The summed E-state index contributed by atoms with van der Waals surface area (Å²) in [6, 6.07) is 29.6. The van der Waals surface area contributed by atoms with Crippen LogP contribution in [-0.4, -0.2) is 6.04 Å². The van der Waals surface area contributed by atoms with Crippen molar-refractivity contribution >= 4 is 16.9 Å². The van der Waals surface area contributed by atoms with E-state index in [-0.39, 0.29) is 16.7 Å². The highest BCUT2D eigenvalue weighted by Gasteiger charge is 2.30. The van der Waals surface area contributed by atoms with E-state index in [2.05, 4.69) is 0 Å². The lowest BCUT2D eigenvalue weighted by Crippen LogP contribution is -2.30. The molecule has 1 aliphatic carbocycles. The second-order valence-corrected chi connectivity index (χ2v) is 15.9. The van der Waals surface area contributed by atoms with E-state index in [9.17, 15) is 65.9 Å². The Morgan fingerprint density at radius 1 is 0.271 bits per heavy atom. The Kier molecular flexibility index (Phi) is 12.4. The highest BCUT2D eigenvalue weighted by Crippen LogP contribution is 2.39. The zero-order valence-electron chi connectivity index (χ0n) is 35.2. The minimum atomic E-state index is -2.28. The van der Waals surface area contributed by atoms with Gasteiger partial charge >= 0.3 is 0 Å². The lowest BCUT2D eigenvalue weighted by Gasteiger charge is -2.33. The molecular formula is C54H26F15N. The van der Waals surface area contributed by atoms with E-state index in [4.69, 9.17) is 0 Å². The van der Waals surface area contributed by atoms with Crippen molar-refractivity contribution in [3.05, 3.63) is 232 Å². The maximum Gasteiger partial charge on any atom is 0.200 e. The van der Waals surface area contributed by atoms with Crippen LogP contribution < -0.4 is 4.90 Å². The summed E-state index contributed by atoms with van der Waals surface area (Å²) >= 11 is 0. The number of allylic oxidation sites excluding steroid dienone is 2. The quantitative estimate of drug-likeness (QED) is 0.0791. The molecule has 0 spiro atoms. The van der Waals surface area contributed by atoms with Crippen LogP contribution in [0.1, 0.15) is 12.0 Å². The van der Waals surface area contributed by atoms with Crippen molar-refractivity contribution in [3.63, 3.8) is 0 Å². The largest absolute Gasteiger partial charge is 0.334 e. The van der Waals surface area contributed by atoms with E-state index in [0.29, 0.717) is 51.2 Å². The van der Waals surface area contributed by atoms with E-state index in [0.717, 1.165) is 0 Å². The van der Waals surface area contributed by atoms with Crippen LogP contribution in [0.15, 0.2) is 140 Å². The van der Waals surface area contributed by atoms with Crippen LogP contribution in [0, 0.1) is 87.3 Å². The minimum absolute atomic E-state index is 0.248. The third kappa shape index (κ3) is 8.16. The number of hydrogen-bond acceptors (Lipinski definition) is 1. The summed E-state index contributed by atoms with van der Waals surface area (Å²) in [7, 11) is 0. The molecule has 0 saturated carbocycles. The van der Waals surface area contributed by atoms with Gasteiger partial charge in [0.25, 0.3) is 0 Å². The second-order valence-electron chi connectivity index (χ2n) is 15.9. The standard InChI is InChI=1S/C54H26F15N/c55-40-37(41(56)47(62)52(67)46(40)61)31-7-1-25(2-8-31)28-13-19-34(20-14-28)70(35-21-15-29(16-22-35)26-3-9-32(10-4-26)38-42(57)48(63)53(68)49(64)43(38)58)36-23-17-30(18-24-36)27-5-11-33(12-6-27)39-44(59)50(65)54(69)51(66)45(39)60/h1-23,36H,24H2. The van der Waals surface area contributed by atoms with E-state index >= 15 is 0 Å². The maximum absolute atomic E-state index is 14.6. The van der Waals surface area contributed by atoms with Crippen LogP contribution in [0.5, 0.6) is 0 Å². The van der Waals surface area contributed by atoms with E-state index < -0.39 is 110 Å². The molecule has 70 heavy (non-hydrogen) atoms. The maximum atomic E-state index is 14.6. The molecule has 0 radical (unpaired) electrons. The molecule has 0 fully saturated rings. The summed E-state index contributed by atoms with van der Waals surface area (Å²) in [6.45, 7) is 0. The smallest absolute Gasteiger partial charge is 0.200 e. The number of benzene rings is 8. The summed E-state index contributed by atoms with van der Waals surface area (Å²) in [6.07, 6.45) is 5.86. The predicted octanol–water partition coefficient (Wildman–Crippen LogP) is 16.7. The first-order valence-electron chi connectivity index (χ1n) is 20.7. The number of hydrogen-bond donors (Lipinski definition) is 0. The summed E-state index contributed by atoms with van der Waals surface area (Å²) in [4.78, 5) is 1.96. The Balaban J connectivity index is 1.01. The summed E-state index contributed by atoms with van der Waals surface area (Å²) in [5, 5.41) is 0. The van der Waals surface area contributed by atoms with Gasteiger partial charge in [-0.15, -0.1) is 0 Å².